The predicted molar refractivity (Wildman–Crippen MR) is 165 cm³/mol. The van der Waals surface area contributed by atoms with Gasteiger partial charge in [-0.05, 0) is 85.3 Å². The van der Waals surface area contributed by atoms with Crippen LogP contribution in [0.2, 0.25) is 5.02 Å². The van der Waals surface area contributed by atoms with E-state index in [4.69, 9.17) is 16.3 Å². The number of aryl methyl sites for hydroxylation is 1. The number of fused-ring (bicyclic) bond motifs is 1. The van der Waals surface area contributed by atoms with Gasteiger partial charge in [0.25, 0.3) is 5.91 Å². The average Bonchev–Trinajstić information content (AvgIpc) is 3.17. The highest BCUT2D eigenvalue weighted by Crippen LogP contribution is 2.31. The minimum absolute atomic E-state index is 0.120. The molecule has 0 bridgehead atoms. The first-order valence-electron chi connectivity index (χ1n) is 14.0. The van der Waals surface area contributed by atoms with Gasteiger partial charge in [-0.15, -0.1) is 0 Å². The van der Waals surface area contributed by atoms with Crippen molar-refractivity contribution in [1.82, 2.24) is 9.88 Å². The molecule has 0 unspecified atom stereocenters. The quantitative estimate of drug-likeness (QED) is 0.201. The normalized spacial score (nSPS) is 13.0. The molecular weight excluding hydrogens is 536 g/mol. The van der Waals surface area contributed by atoms with E-state index in [9.17, 15) is 14.7 Å². The predicted octanol–water partition coefficient (Wildman–Crippen LogP) is 8.06. The van der Waals surface area contributed by atoms with Gasteiger partial charge in [0.05, 0.1) is 6.04 Å². The molecule has 7 heteroatoms. The van der Waals surface area contributed by atoms with E-state index in [1.165, 1.54) is 5.56 Å². The van der Waals surface area contributed by atoms with Gasteiger partial charge < -0.3 is 19.7 Å². The standard InChI is InChI=1S/C34H39ClN2O4/c1-19(2)24-9-8-10-25(15-24)22(6)36-33(38)26-11-14-31-29(17-26)21(5)23(7)37(31)18-27-16-28(12-13-30(27)35)41-32(20(3)4)34(39)40/h8-17,19-20,22,32H,18H2,1-7H3,(H,36,38)(H,39,40)/t22-,32-/m0/s1. The molecular formula is C34H39ClN2O4. The van der Waals surface area contributed by atoms with Crippen LogP contribution in [0, 0.1) is 19.8 Å². The average molecular weight is 575 g/mol. The van der Waals surface area contributed by atoms with Crippen molar-refractivity contribution in [2.75, 3.05) is 0 Å². The number of rotatable bonds is 10. The number of aromatic nitrogens is 1. The molecule has 4 aromatic rings. The van der Waals surface area contributed by atoms with Gasteiger partial charge in [0.1, 0.15) is 5.75 Å². The Morgan fingerprint density at radius 1 is 0.951 bits per heavy atom. The van der Waals surface area contributed by atoms with E-state index in [-0.39, 0.29) is 17.9 Å². The molecule has 0 aliphatic heterocycles. The molecule has 0 spiro atoms. The highest BCUT2D eigenvalue weighted by Gasteiger charge is 2.24. The van der Waals surface area contributed by atoms with Crippen molar-refractivity contribution in [3.8, 4) is 5.75 Å². The van der Waals surface area contributed by atoms with Crippen LogP contribution in [0.25, 0.3) is 10.9 Å². The minimum atomic E-state index is -1.00. The van der Waals surface area contributed by atoms with Crippen LogP contribution in [-0.4, -0.2) is 27.7 Å². The third-order valence-electron chi connectivity index (χ3n) is 7.78. The number of aliphatic carboxylic acids is 1. The van der Waals surface area contributed by atoms with Gasteiger partial charge in [-0.1, -0.05) is 63.6 Å². The van der Waals surface area contributed by atoms with Crippen LogP contribution >= 0.6 is 11.6 Å². The van der Waals surface area contributed by atoms with Crippen molar-refractivity contribution >= 4 is 34.4 Å². The zero-order chi connectivity index (χ0) is 30.0. The summed E-state index contributed by atoms with van der Waals surface area (Å²) in [5.41, 5.74) is 6.88. The van der Waals surface area contributed by atoms with Crippen molar-refractivity contribution in [2.45, 2.75) is 73.1 Å². The number of carbonyl (C=O) groups is 2. The van der Waals surface area contributed by atoms with Crippen molar-refractivity contribution in [3.05, 3.63) is 99.2 Å². The van der Waals surface area contributed by atoms with E-state index in [0.717, 1.165) is 33.3 Å². The highest BCUT2D eigenvalue weighted by molar-refractivity contribution is 6.31. The maximum atomic E-state index is 13.3. The van der Waals surface area contributed by atoms with E-state index >= 15 is 0 Å². The van der Waals surface area contributed by atoms with Gasteiger partial charge in [0.15, 0.2) is 6.10 Å². The number of nitrogens with one attached hydrogen (secondary N) is 1. The summed E-state index contributed by atoms with van der Waals surface area (Å²) in [6.07, 6.45) is -0.952. The highest BCUT2D eigenvalue weighted by atomic mass is 35.5. The number of hydrogen-bond acceptors (Lipinski definition) is 3. The lowest BCUT2D eigenvalue weighted by molar-refractivity contribution is -0.147. The number of carboxylic acids is 1. The number of carboxylic acid groups (broad SMARTS) is 1. The molecule has 0 saturated heterocycles. The topological polar surface area (TPSA) is 80.6 Å². The van der Waals surface area contributed by atoms with Gasteiger partial charge >= 0.3 is 5.97 Å². The van der Waals surface area contributed by atoms with E-state index in [1.54, 1.807) is 18.2 Å². The lowest BCUT2D eigenvalue weighted by atomic mass is 9.98. The Morgan fingerprint density at radius 3 is 2.32 bits per heavy atom. The van der Waals surface area contributed by atoms with Crippen LogP contribution in [0.15, 0.2) is 60.7 Å². The lowest BCUT2D eigenvalue weighted by Gasteiger charge is -2.19. The zero-order valence-corrected chi connectivity index (χ0v) is 25.5. The molecule has 0 aliphatic rings. The van der Waals surface area contributed by atoms with Crippen LogP contribution in [0.3, 0.4) is 0 Å². The Labute approximate surface area is 247 Å². The fourth-order valence-electron chi connectivity index (χ4n) is 5.08. The van der Waals surface area contributed by atoms with Crippen molar-refractivity contribution in [3.63, 3.8) is 0 Å². The van der Waals surface area contributed by atoms with Crippen LogP contribution in [-0.2, 0) is 11.3 Å². The van der Waals surface area contributed by atoms with E-state index in [1.807, 2.05) is 58.0 Å². The van der Waals surface area contributed by atoms with Crippen LogP contribution in [0.4, 0.5) is 0 Å². The molecule has 41 heavy (non-hydrogen) atoms. The summed E-state index contributed by atoms with van der Waals surface area (Å²) < 4.78 is 7.97. The van der Waals surface area contributed by atoms with Gasteiger partial charge in [-0.3, -0.25) is 4.79 Å². The van der Waals surface area contributed by atoms with E-state index in [2.05, 4.69) is 42.8 Å². The Morgan fingerprint density at radius 2 is 1.66 bits per heavy atom. The summed E-state index contributed by atoms with van der Waals surface area (Å²) in [4.78, 5) is 24.9. The fraction of sp³-hybridized carbons (Fsp3) is 0.353. The molecule has 2 N–H and O–H groups in total. The molecule has 1 amide bonds. The number of amides is 1. The third-order valence-corrected chi connectivity index (χ3v) is 8.15. The van der Waals surface area contributed by atoms with Crippen molar-refractivity contribution in [2.24, 2.45) is 5.92 Å². The molecule has 216 valence electrons. The number of hydrogen-bond donors (Lipinski definition) is 2. The van der Waals surface area contributed by atoms with Gasteiger partial charge in [0.2, 0.25) is 0 Å². The number of nitrogens with zero attached hydrogens (tertiary/aromatic N) is 1. The molecule has 2 atom stereocenters. The number of carbonyl (C=O) groups excluding carboxylic acids is 1. The SMILES string of the molecule is Cc1c(C)n(Cc2cc(O[C@H](C(=O)O)C(C)C)ccc2Cl)c2ccc(C(=O)N[C@@H](C)c3cccc(C(C)C)c3)cc12. The summed E-state index contributed by atoms with van der Waals surface area (Å²) in [5, 5.41) is 14.3. The Bertz CT molecular complexity index is 1590. The maximum Gasteiger partial charge on any atom is 0.345 e. The van der Waals surface area contributed by atoms with E-state index < -0.39 is 12.1 Å². The first kappa shape index (κ1) is 30.2. The molecule has 0 saturated carbocycles. The second-order valence-corrected chi connectivity index (χ2v) is 11.8. The smallest absolute Gasteiger partial charge is 0.345 e. The van der Waals surface area contributed by atoms with Crippen molar-refractivity contribution in [1.29, 1.82) is 0 Å². The van der Waals surface area contributed by atoms with Gasteiger partial charge in [0, 0.05) is 39.6 Å². The zero-order valence-electron chi connectivity index (χ0n) is 24.8. The van der Waals surface area contributed by atoms with Crippen molar-refractivity contribution < 1.29 is 19.4 Å². The minimum Gasteiger partial charge on any atom is -0.478 e. The Kier molecular flexibility index (Phi) is 9.13. The molecule has 0 fully saturated rings. The molecule has 3 aromatic carbocycles. The van der Waals surface area contributed by atoms with Crippen LogP contribution < -0.4 is 10.1 Å². The second-order valence-electron chi connectivity index (χ2n) is 11.4. The molecule has 1 aromatic heterocycles. The molecule has 6 nitrogen and oxygen atoms in total. The summed E-state index contributed by atoms with van der Waals surface area (Å²) in [7, 11) is 0. The summed E-state index contributed by atoms with van der Waals surface area (Å²) >= 11 is 6.57. The Hall–Kier alpha value is -3.77. The van der Waals surface area contributed by atoms with Crippen LogP contribution in [0.5, 0.6) is 5.75 Å². The van der Waals surface area contributed by atoms with Crippen LogP contribution in [0.1, 0.15) is 84.9 Å². The number of benzene rings is 3. The van der Waals surface area contributed by atoms with E-state index in [0.29, 0.717) is 28.8 Å². The van der Waals surface area contributed by atoms with Gasteiger partial charge in [-0.2, -0.15) is 0 Å². The first-order valence-corrected chi connectivity index (χ1v) is 14.4. The van der Waals surface area contributed by atoms with Gasteiger partial charge in [-0.25, -0.2) is 4.79 Å². The maximum absolute atomic E-state index is 13.3. The summed E-state index contributed by atoms with van der Waals surface area (Å²) in [5.74, 6) is -0.433. The second kappa shape index (κ2) is 12.4. The lowest BCUT2D eigenvalue weighted by Crippen LogP contribution is -2.32. The molecule has 4 rings (SSSR count). The number of ether oxygens (including phenoxy) is 1. The third kappa shape index (κ3) is 6.59. The summed E-state index contributed by atoms with van der Waals surface area (Å²) in [6.45, 7) is 14.5. The number of halogens is 1. The largest absolute Gasteiger partial charge is 0.478 e. The first-order chi connectivity index (χ1) is 19.4. The monoisotopic (exact) mass is 574 g/mol. The Balaban J connectivity index is 1.59. The fourth-order valence-corrected chi connectivity index (χ4v) is 5.26. The molecule has 0 radical (unpaired) electrons. The summed E-state index contributed by atoms with van der Waals surface area (Å²) in [6, 6.07) is 19.2. The molecule has 0 aliphatic carbocycles. The molecule has 1 heterocycles.